The van der Waals surface area contributed by atoms with Gasteiger partial charge in [0.15, 0.2) is 5.76 Å². The number of rotatable bonds is 8. The van der Waals surface area contributed by atoms with E-state index in [9.17, 15) is 14.7 Å². The average Bonchev–Trinajstić information content (AvgIpc) is 3.62. The molecular formula is C27H29Cl2N4O4S+. The zero-order valence-electron chi connectivity index (χ0n) is 21.1. The Labute approximate surface area is 234 Å². The standard InChI is InChI=1S/C27H28Cl2N4O4S/c1-16(2)31-10-8-18(9-11-31)32(15-26(34)35)27(36)22-13-19-20(28)4-3-5-21(19)33(22)14-17-12-23(37-30-17)24-6-7-25(29)38-24/h3-7,12-13,16,18H,8-11,14-15H2,1-2H3,(H,34,35)/p+1. The first-order valence-electron chi connectivity index (χ1n) is 12.6. The molecule has 0 saturated carbocycles. The van der Waals surface area contributed by atoms with Crippen molar-refractivity contribution in [3.05, 3.63) is 63.2 Å². The Morgan fingerprint density at radius 3 is 2.63 bits per heavy atom. The molecule has 4 aromatic rings. The van der Waals surface area contributed by atoms with E-state index in [2.05, 4.69) is 19.0 Å². The second kappa shape index (κ2) is 11.1. The fourth-order valence-corrected chi connectivity index (χ4v) is 6.44. The molecule has 5 rings (SSSR count). The lowest BCUT2D eigenvalue weighted by Crippen LogP contribution is -3.16. The molecule has 1 aliphatic heterocycles. The van der Waals surface area contributed by atoms with Crippen molar-refractivity contribution in [2.75, 3.05) is 19.6 Å². The lowest BCUT2D eigenvalue weighted by atomic mass is 10.0. The third kappa shape index (κ3) is 5.47. The van der Waals surface area contributed by atoms with Gasteiger partial charge in [0.2, 0.25) is 0 Å². The molecule has 4 heterocycles. The molecule has 0 unspecified atom stereocenters. The summed E-state index contributed by atoms with van der Waals surface area (Å²) in [6, 6.07) is 13.1. The van der Waals surface area contributed by atoms with Crippen LogP contribution in [0.2, 0.25) is 9.36 Å². The van der Waals surface area contributed by atoms with Crippen LogP contribution in [0, 0.1) is 0 Å². The molecule has 1 aliphatic rings. The monoisotopic (exact) mass is 575 g/mol. The topological polar surface area (TPSA) is 93.0 Å². The Bertz CT molecular complexity index is 1470. The number of carbonyl (C=O) groups is 2. The first kappa shape index (κ1) is 26.7. The first-order valence-corrected chi connectivity index (χ1v) is 14.1. The van der Waals surface area contributed by atoms with E-state index in [4.69, 9.17) is 27.7 Å². The number of halogens is 2. The number of carboxylic acids is 1. The van der Waals surface area contributed by atoms with E-state index in [-0.39, 0.29) is 25.0 Å². The molecule has 1 amide bonds. The van der Waals surface area contributed by atoms with E-state index in [0.29, 0.717) is 32.5 Å². The van der Waals surface area contributed by atoms with Crippen molar-refractivity contribution in [2.45, 2.75) is 45.3 Å². The molecule has 0 bridgehead atoms. The number of aromatic nitrogens is 2. The summed E-state index contributed by atoms with van der Waals surface area (Å²) in [4.78, 5) is 29.7. The molecule has 0 aliphatic carbocycles. The van der Waals surface area contributed by atoms with Crippen LogP contribution in [0.15, 0.2) is 47.0 Å². The Morgan fingerprint density at radius 2 is 1.97 bits per heavy atom. The lowest BCUT2D eigenvalue weighted by molar-refractivity contribution is -0.926. The lowest BCUT2D eigenvalue weighted by Gasteiger charge is -2.37. The van der Waals surface area contributed by atoms with Gasteiger partial charge in [0.1, 0.15) is 17.9 Å². The van der Waals surface area contributed by atoms with Crippen LogP contribution in [0.3, 0.4) is 0 Å². The Kier molecular flexibility index (Phi) is 7.81. The van der Waals surface area contributed by atoms with Crippen molar-refractivity contribution in [3.8, 4) is 10.6 Å². The Hall–Kier alpha value is -2.85. The van der Waals surface area contributed by atoms with Crippen molar-refractivity contribution in [3.63, 3.8) is 0 Å². The van der Waals surface area contributed by atoms with Crippen LogP contribution in [0.25, 0.3) is 21.5 Å². The summed E-state index contributed by atoms with van der Waals surface area (Å²) in [5.41, 5.74) is 1.75. The van der Waals surface area contributed by atoms with Crippen molar-refractivity contribution >= 4 is 57.3 Å². The van der Waals surface area contributed by atoms with Crippen molar-refractivity contribution in [1.29, 1.82) is 0 Å². The molecule has 1 saturated heterocycles. The quantitative estimate of drug-likeness (QED) is 0.318. The smallest absolute Gasteiger partial charge is 0.323 e. The zero-order chi connectivity index (χ0) is 27.0. The number of carboxylic acid groups (broad SMARTS) is 1. The SMILES string of the molecule is CC(C)[NH+]1CCC(N(CC(=O)O)C(=O)c2cc3c(Cl)cccc3n2Cc2cc(-c3ccc(Cl)s3)on2)CC1. The van der Waals surface area contributed by atoms with Crippen LogP contribution in [0.4, 0.5) is 0 Å². The van der Waals surface area contributed by atoms with Gasteiger partial charge in [0.25, 0.3) is 5.91 Å². The second-order valence-corrected chi connectivity index (χ2v) is 12.1. The van der Waals surface area contributed by atoms with Gasteiger partial charge in [-0.05, 0) is 44.2 Å². The zero-order valence-corrected chi connectivity index (χ0v) is 23.4. The van der Waals surface area contributed by atoms with Gasteiger partial charge in [-0.1, -0.05) is 34.4 Å². The summed E-state index contributed by atoms with van der Waals surface area (Å²) in [7, 11) is 0. The normalized spacial score (nSPS) is 17.8. The van der Waals surface area contributed by atoms with E-state index in [1.165, 1.54) is 21.1 Å². The van der Waals surface area contributed by atoms with E-state index < -0.39 is 5.97 Å². The molecule has 0 spiro atoms. The van der Waals surface area contributed by atoms with Crippen LogP contribution in [-0.2, 0) is 11.3 Å². The minimum atomic E-state index is -1.03. The first-order chi connectivity index (χ1) is 18.2. The van der Waals surface area contributed by atoms with E-state index in [1.807, 2.05) is 28.8 Å². The highest BCUT2D eigenvalue weighted by molar-refractivity contribution is 7.19. The van der Waals surface area contributed by atoms with Crippen molar-refractivity contribution < 1.29 is 24.1 Å². The van der Waals surface area contributed by atoms with Crippen molar-refractivity contribution in [1.82, 2.24) is 14.6 Å². The summed E-state index contributed by atoms with van der Waals surface area (Å²) < 4.78 is 8.05. The van der Waals surface area contributed by atoms with Crippen LogP contribution < -0.4 is 4.90 Å². The number of quaternary nitrogens is 1. The average molecular weight is 577 g/mol. The van der Waals surface area contributed by atoms with Gasteiger partial charge in [-0.25, -0.2) is 0 Å². The van der Waals surface area contributed by atoms with Gasteiger partial charge in [0.05, 0.1) is 40.4 Å². The van der Waals surface area contributed by atoms with Crippen molar-refractivity contribution in [2.24, 2.45) is 0 Å². The van der Waals surface area contributed by atoms with Gasteiger partial charge >= 0.3 is 5.97 Å². The third-order valence-electron chi connectivity index (χ3n) is 7.23. The molecule has 0 atom stereocenters. The van der Waals surface area contributed by atoms with Gasteiger partial charge < -0.3 is 24.0 Å². The molecule has 8 nitrogen and oxygen atoms in total. The van der Waals surface area contributed by atoms with Crippen LogP contribution in [-0.4, -0.2) is 63.3 Å². The highest BCUT2D eigenvalue weighted by Crippen LogP contribution is 2.33. The van der Waals surface area contributed by atoms with Gasteiger partial charge in [-0.3, -0.25) is 9.59 Å². The van der Waals surface area contributed by atoms with Gasteiger partial charge in [-0.2, -0.15) is 0 Å². The number of likely N-dealkylation sites (tertiary alicyclic amines) is 1. The van der Waals surface area contributed by atoms with E-state index in [1.54, 1.807) is 18.2 Å². The summed E-state index contributed by atoms with van der Waals surface area (Å²) >= 11 is 14.0. The number of nitrogens with one attached hydrogen (secondary N) is 1. The molecule has 3 aromatic heterocycles. The highest BCUT2D eigenvalue weighted by Gasteiger charge is 2.34. The summed E-state index contributed by atoms with van der Waals surface area (Å²) in [6.07, 6.45) is 1.51. The molecule has 200 valence electrons. The predicted octanol–water partition coefficient (Wildman–Crippen LogP) is 4.70. The number of piperidine rings is 1. The maximum atomic E-state index is 14.1. The minimum Gasteiger partial charge on any atom is -0.480 e. The molecule has 0 radical (unpaired) electrons. The Balaban J connectivity index is 1.50. The van der Waals surface area contributed by atoms with Crippen LogP contribution >= 0.6 is 34.5 Å². The van der Waals surface area contributed by atoms with Crippen LogP contribution in [0.5, 0.6) is 0 Å². The molecule has 1 aromatic carbocycles. The maximum absolute atomic E-state index is 14.1. The maximum Gasteiger partial charge on any atom is 0.323 e. The molecule has 2 N–H and O–H groups in total. The van der Waals surface area contributed by atoms with Gasteiger partial charge in [0, 0.05) is 35.4 Å². The molecular weight excluding hydrogens is 547 g/mol. The summed E-state index contributed by atoms with van der Waals surface area (Å²) in [5, 5.41) is 15.2. The largest absolute Gasteiger partial charge is 0.480 e. The molecule has 1 fully saturated rings. The van der Waals surface area contributed by atoms with Crippen LogP contribution in [0.1, 0.15) is 42.9 Å². The number of amides is 1. The van der Waals surface area contributed by atoms with Gasteiger partial charge in [-0.15, -0.1) is 11.3 Å². The third-order valence-corrected chi connectivity index (χ3v) is 8.80. The molecule has 11 heteroatoms. The predicted molar refractivity (Wildman–Crippen MR) is 148 cm³/mol. The number of carbonyl (C=O) groups excluding carboxylic acids is 1. The van der Waals surface area contributed by atoms with E-state index >= 15 is 0 Å². The second-order valence-electron chi connectivity index (χ2n) is 9.95. The summed E-state index contributed by atoms with van der Waals surface area (Å²) in [6.45, 7) is 6.05. The Morgan fingerprint density at radius 1 is 1.21 bits per heavy atom. The highest BCUT2D eigenvalue weighted by atomic mass is 35.5. The summed E-state index contributed by atoms with van der Waals surface area (Å²) in [5.74, 6) is -0.772. The number of aliphatic carboxylic acids is 1. The fraction of sp³-hybridized carbons (Fsp3) is 0.370. The number of nitrogens with zero attached hydrogens (tertiary/aromatic N) is 3. The number of thiophene rings is 1. The number of hydrogen-bond donors (Lipinski definition) is 2. The number of fused-ring (bicyclic) bond motifs is 1. The number of hydrogen-bond acceptors (Lipinski definition) is 5. The number of benzene rings is 1. The molecule has 38 heavy (non-hydrogen) atoms. The minimum absolute atomic E-state index is 0.148. The van der Waals surface area contributed by atoms with E-state index in [0.717, 1.165) is 41.7 Å². The fourth-order valence-electron chi connectivity index (χ4n) is 5.23.